The molecule has 2 atom stereocenters. The Morgan fingerprint density at radius 2 is 1.55 bits per heavy atom. The molecule has 0 aliphatic carbocycles. The Kier molecular flexibility index (Phi) is 4.74. The Labute approximate surface area is 118 Å². The zero-order valence-electron chi connectivity index (χ0n) is 11.3. The van der Waals surface area contributed by atoms with Crippen LogP contribution in [0.1, 0.15) is 18.6 Å². The van der Waals surface area contributed by atoms with Gasteiger partial charge in [0.2, 0.25) is 0 Å². The molecule has 2 amide bonds. The van der Waals surface area contributed by atoms with E-state index in [0.29, 0.717) is 5.69 Å². The van der Waals surface area contributed by atoms with Gasteiger partial charge in [-0.2, -0.15) is 0 Å². The molecule has 4 nitrogen and oxygen atoms in total. The summed E-state index contributed by atoms with van der Waals surface area (Å²) in [6.45, 7) is 1.77. The molecule has 0 aromatic heterocycles. The number of rotatable bonds is 4. The highest BCUT2D eigenvalue weighted by atomic mass is 16.3. The van der Waals surface area contributed by atoms with Gasteiger partial charge in [0.05, 0.1) is 12.1 Å². The molecular formula is C16H18N2O2. The lowest BCUT2D eigenvalue weighted by Gasteiger charge is -2.20. The summed E-state index contributed by atoms with van der Waals surface area (Å²) >= 11 is 0. The maximum absolute atomic E-state index is 11.8. The molecule has 0 spiro atoms. The Hall–Kier alpha value is -2.33. The zero-order valence-corrected chi connectivity index (χ0v) is 11.3. The van der Waals surface area contributed by atoms with Gasteiger partial charge in [0.25, 0.3) is 0 Å². The highest BCUT2D eigenvalue weighted by Gasteiger charge is 2.17. The van der Waals surface area contributed by atoms with Crippen LogP contribution in [0.4, 0.5) is 10.5 Å². The molecular weight excluding hydrogens is 252 g/mol. The van der Waals surface area contributed by atoms with Crippen molar-refractivity contribution in [2.45, 2.75) is 19.1 Å². The van der Waals surface area contributed by atoms with E-state index in [0.717, 1.165) is 5.56 Å². The minimum absolute atomic E-state index is 0.335. The van der Waals surface area contributed by atoms with Crippen LogP contribution in [-0.4, -0.2) is 17.2 Å². The molecule has 20 heavy (non-hydrogen) atoms. The Morgan fingerprint density at radius 3 is 2.15 bits per heavy atom. The molecule has 4 heteroatoms. The number of urea groups is 1. The summed E-state index contributed by atoms with van der Waals surface area (Å²) in [4.78, 5) is 11.8. The molecule has 0 saturated heterocycles. The first-order valence-corrected chi connectivity index (χ1v) is 6.52. The van der Waals surface area contributed by atoms with Crippen molar-refractivity contribution in [2.75, 3.05) is 5.32 Å². The second-order valence-electron chi connectivity index (χ2n) is 4.61. The standard InChI is InChI=1S/C16H18N2O2/c1-12(15(19)13-8-4-2-5-9-13)17-16(20)18-14-10-6-3-7-11-14/h2-12,15,19H,1H3,(H2,17,18,20)/t12-,15-/m0/s1. The van der Waals surface area contributed by atoms with Crippen molar-refractivity contribution in [2.24, 2.45) is 0 Å². The van der Waals surface area contributed by atoms with Gasteiger partial charge in [0, 0.05) is 5.69 Å². The Morgan fingerprint density at radius 1 is 1.00 bits per heavy atom. The largest absolute Gasteiger partial charge is 0.386 e. The number of para-hydroxylation sites is 1. The predicted octanol–water partition coefficient (Wildman–Crippen LogP) is 2.93. The molecule has 2 aromatic carbocycles. The van der Waals surface area contributed by atoms with Gasteiger partial charge in [-0.3, -0.25) is 0 Å². The van der Waals surface area contributed by atoms with Crippen LogP contribution in [0.15, 0.2) is 60.7 Å². The van der Waals surface area contributed by atoms with Crippen LogP contribution in [0, 0.1) is 0 Å². The zero-order chi connectivity index (χ0) is 14.4. The lowest BCUT2D eigenvalue weighted by atomic mass is 10.0. The van der Waals surface area contributed by atoms with Gasteiger partial charge in [0.15, 0.2) is 0 Å². The molecule has 0 bridgehead atoms. The van der Waals surface area contributed by atoms with Crippen LogP contribution in [0.3, 0.4) is 0 Å². The van der Waals surface area contributed by atoms with Gasteiger partial charge < -0.3 is 15.7 Å². The van der Waals surface area contributed by atoms with Crippen LogP contribution in [-0.2, 0) is 0 Å². The van der Waals surface area contributed by atoms with E-state index < -0.39 is 6.10 Å². The van der Waals surface area contributed by atoms with Gasteiger partial charge >= 0.3 is 6.03 Å². The number of benzene rings is 2. The summed E-state index contributed by atoms with van der Waals surface area (Å²) in [6.07, 6.45) is -0.738. The number of anilines is 1. The number of amides is 2. The maximum Gasteiger partial charge on any atom is 0.319 e. The first kappa shape index (κ1) is 14.1. The normalized spacial score (nSPS) is 13.3. The number of hydrogen-bond donors (Lipinski definition) is 3. The number of aliphatic hydroxyl groups excluding tert-OH is 1. The summed E-state index contributed by atoms with van der Waals surface area (Å²) in [6, 6.07) is 17.7. The summed E-state index contributed by atoms with van der Waals surface area (Å²) in [7, 11) is 0. The molecule has 2 rings (SSSR count). The fraction of sp³-hybridized carbons (Fsp3) is 0.188. The maximum atomic E-state index is 11.8. The van der Waals surface area contributed by atoms with E-state index in [1.54, 1.807) is 19.1 Å². The van der Waals surface area contributed by atoms with Crippen molar-refractivity contribution >= 4 is 11.7 Å². The van der Waals surface area contributed by atoms with E-state index >= 15 is 0 Å². The van der Waals surface area contributed by atoms with E-state index in [1.165, 1.54) is 0 Å². The Bertz CT molecular complexity index is 543. The van der Waals surface area contributed by atoms with Crippen LogP contribution in [0.2, 0.25) is 0 Å². The smallest absolute Gasteiger partial charge is 0.319 e. The highest BCUT2D eigenvalue weighted by Crippen LogP contribution is 2.16. The van der Waals surface area contributed by atoms with E-state index in [-0.39, 0.29) is 12.1 Å². The van der Waals surface area contributed by atoms with Gasteiger partial charge in [0.1, 0.15) is 0 Å². The first-order valence-electron chi connectivity index (χ1n) is 6.52. The van der Waals surface area contributed by atoms with Crippen molar-refractivity contribution in [3.05, 3.63) is 66.2 Å². The highest BCUT2D eigenvalue weighted by molar-refractivity contribution is 5.89. The minimum Gasteiger partial charge on any atom is -0.386 e. The molecule has 104 valence electrons. The molecule has 0 radical (unpaired) electrons. The van der Waals surface area contributed by atoms with Crippen LogP contribution in [0.25, 0.3) is 0 Å². The number of hydrogen-bond acceptors (Lipinski definition) is 2. The van der Waals surface area contributed by atoms with Crippen molar-refractivity contribution in [3.8, 4) is 0 Å². The lowest BCUT2D eigenvalue weighted by molar-refractivity contribution is 0.139. The molecule has 0 aliphatic heterocycles. The summed E-state index contributed by atoms with van der Waals surface area (Å²) < 4.78 is 0. The summed E-state index contributed by atoms with van der Waals surface area (Å²) in [5.41, 5.74) is 1.49. The van der Waals surface area contributed by atoms with Gasteiger partial charge in [-0.05, 0) is 24.6 Å². The lowest BCUT2D eigenvalue weighted by Crippen LogP contribution is -2.39. The summed E-state index contributed by atoms with van der Waals surface area (Å²) in [5.74, 6) is 0. The third-order valence-electron chi connectivity index (χ3n) is 3.01. The molecule has 0 saturated carbocycles. The minimum atomic E-state index is -0.738. The molecule has 2 aromatic rings. The number of carbonyl (C=O) groups excluding carboxylic acids is 1. The quantitative estimate of drug-likeness (QED) is 0.800. The Balaban J connectivity index is 1.91. The third-order valence-corrected chi connectivity index (χ3v) is 3.01. The van der Waals surface area contributed by atoms with E-state index in [4.69, 9.17) is 0 Å². The van der Waals surface area contributed by atoms with Crippen molar-refractivity contribution in [1.29, 1.82) is 0 Å². The van der Waals surface area contributed by atoms with E-state index in [9.17, 15) is 9.90 Å². The van der Waals surface area contributed by atoms with Crippen molar-refractivity contribution in [3.63, 3.8) is 0 Å². The number of carbonyl (C=O) groups is 1. The van der Waals surface area contributed by atoms with E-state index in [2.05, 4.69) is 10.6 Å². The average molecular weight is 270 g/mol. The average Bonchev–Trinajstić information content (AvgIpc) is 2.48. The molecule has 0 unspecified atom stereocenters. The van der Waals surface area contributed by atoms with Gasteiger partial charge in [-0.1, -0.05) is 48.5 Å². The van der Waals surface area contributed by atoms with Crippen molar-refractivity contribution in [1.82, 2.24) is 5.32 Å². The fourth-order valence-electron chi connectivity index (χ4n) is 1.91. The second kappa shape index (κ2) is 6.73. The summed E-state index contributed by atoms with van der Waals surface area (Å²) in [5, 5.41) is 15.6. The SMILES string of the molecule is C[C@H](NC(=O)Nc1ccccc1)[C@H](O)c1ccccc1. The fourth-order valence-corrected chi connectivity index (χ4v) is 1.91. The van der Waals surface area contributed by atoms with Crippen LogP contribution in [0.5, 0.6) is 0 Å². The molecule has 0 heterocycles. The topological polar surface area (TPSA) is 61.4 Å². The second-order valence-corrected chi connectivity index (χ2v) is 4.61. The monoisotopic (exact) mass is 270 g/mol. The first-order chi connectivity index (χ1) is 9.66. The van der Waals surface area contributed by atoms with Gasteiger partial charge in [-0.15, -0.1) is 0 Å². The van der Waals surface area contributed by atoms with Crippen molar-refractivity contribution < 1.29 is 9.90 Å². The van der Waals surface area contributed by atoms with Gasteiger partial charge in [-0.25, -0.2) is 4.79 Å². The number of aliphatic hydroxyl groups is 1. The number of nitrogens with one attached hydrogen (secondary N) is 2. The molecule has 0 fully saturated rings. The van der Waals surface area contributed by atoms with Crippen LogP contribution >= 0.6 is 0 Å². The van der Waals surface area contributed by atoms with Crippen LogP contribution < -0.4 is 10.6 Å². The predicted molar refractivity (Wildman–Crippen MR) is 79.5 cm³/mol. The van der Waals surface area contributed by atoms with E-state index in [1.807, 2.05) is 48.5 Å². The molecule has 3 N–H and O–H groups in total. The molecule has 0 aliphatic rings. The third kappa shape index (κ3) is 3.83.